The van der Waals surface area contributed by atoms with E-state index in [1.807, 2.05) is 6.07 Å². The van der Waals surface area contributed by atoms with Crippen LogP contribution in [0.3, 0.4) is 0 Å². The lowest BCUT2D eigenvalue weighted by Crippen LogP contribution is -2.34. The van der Waals surface area contributed by atoms with E-state index in [-0.39, 0.29) is 37.2 Å². The highest BCUT2D eigenvalue weighted by molar-refractivity contribution is 5.77. The van der Waals surface area contributed by atoms with Gasteiger partial charge in [0.1, 0.15) is 0 Å². The van der Waals surface area contributed by atoms with Crippen LogP contribution in [0.15, 0.2) is 53.6 Å². The van der Waals surface area contributed by atoms with Crippen molar-refractivity contribution in [3.05, 3.63) is 65.1 Å². The minimum Gasteiger partial charge on any atom is -0.481 e. The second-order valence-corrected chi connectivity index (χ2v) is 6.74. The van der Waals surface area contributed by atoms with Crippen LogP contribution in [-0.4, -0.2) is 38.4 Å². The molecule has 29 heavy (non-hydrogen) atoms. The van der Waals surface area contributed by atoms with Crippen molar-refractivity contribution in [3.63, 3.8) is 0 Å². The Morgan fingerprint density at radius 1 is 1.24 bits per heavy atom. The number of halogens is 1. The van der Waals surface area contributed by atoms with E-state index in [2.05, 4.69) is 15.4 Å². The maximum Gasteiger partial charge on any atom is 0.346 e. The van der Waals surface area contributed by atoms with Gasteiger partial charge in [-0.3, -0.25) is 14.3 Å². The Morgan fingerprint density at radius 3 is 2.79 bits per heavy atom. The second-order valence-electron chi connectivity index (χ2n) is 6.74. The standard InChI is InChI=1S/C20H20FN5O3/c21-16-5-1-2-6-17(16)29-13-18(27)23-10-11-25-20(28)26(15-7-8-15)19(24-25)14-4-3-9-22-12-14/h1-6,9,12,15H,7-8,10-11,13H2,(H,23,27). The molecule has 1 amide bonds. The Bertz CT molecular complexity index is 1060. The SMILES string of the molecule is O=C(COc1ccccc1F)NCCn1nc(-c2cccnc2)n(C2CC2)c1=O. The molecular formula is C20H20FN5O3. The van der Waals surface area contributed by atoms with Gasteiger partial charge in [-0.1, -0.05) is 12.1 Å². The van der Waals surface area contributed by atoms with E-state index in [4.69, 9.17) is 4.74 Å². The number of rotatable bonds is 8. The van der Waals surface area contributed by atoms with Gasteiger partial charge in [0.15, 0.2) is 24.0 Å². The number of pyridine rings is 1. The third kappa shape index (κ3) is 4.34. The van der Waals surface area contributed by atoms with E-state index < -0.39 is 11.7 Å². The molecule has 1 fully saturated rings. The molecule has 9 heteroatoms. The smallest absolute Gasteiger partial charge is 0.346 e. The van der Waals surface area contributed by atoms with E-state index in [9.17, 15) is 14.0 Å². The molecule has 1 aliphatic rings. The molecular weight excluding hydrogens is 377 g/mol. The summed E-state index contributed by atoms with van der Waals surface area (Å²) in [5.41, 5.74) is 0.570. The number of carbonyl (C=O) groups is 1. The molecule has 1 aliphatic carbocycles. The fourth-order valence-corrected chi connectivity index (χ4v) is 2.98. The van der Waals surface area contributed by atoms with Gasteiger partial charge in [0.25, 0.3) is 5.91 Å². The Labute approximate surface area is 166 Å². The van der Waals surface area contributed by atoms with Crippen LogP contribution in [-0.2, 0) is 11.3 Å². The fourth-order valence-electron chi connectivity index (χ4n) is 2.98. The summed E-state index contributed by atoms with van der Waals surface area (Å²) in [5, 5.41) is 7.09. The van der Waals surface area contributed by atoms with E-state index in [1.54, 1.807) is 35.2 Å². The number of nitrogens with one attached hydrogen (secondary N) is 1. The number of hydrogen-bond acceptors (Lipinski definition) is 5. The minimum absolute atomic E-state index is 0.0168. The summed E-state index contributed by atoms with van der Waals surface area (Å²) in [4.78, 5) is 28.8. The Kier molecular flexibility index (Phi) is 5.37. The molecule has 4 rings (SSSR count). The zero-order valence-corrected chi connectivity index (χ0v) is 15.6. The second kappa shape index (κ2) is 8.26. The molecule has 2 aromatic heterocycles. The summed E-state index contributed by atoms with van der Waals surface area (Å²) >= 11 is 0. The van der Waals surface area contributed by atoms with Gasteiger partial charge in [-0.25, -0.2) is 13.9 Å². The predicted molar refractivity (Wildman–Crippen MR) is 103 cm³/mol. The van der Waals surface area contributed by atoms with Crippen LogP contribution in [0.4, 0.5) is 4.39 Å². The molecule has 1 aromatic carbocycles. The van der Waals surface area contributed by atoms with Gasteiger partial charge >= 0.3 is 5.69 Å². The number of aromatic nitrogens is 4. The van der Waals surface area contributed by atoms with Crippen LogP contribution in [0.5, 0.6) is 5.75 Å². The Hall–Kier alpha value is -3.49. The Balaban J connectivity index is 1.37. The molecule has 150 valence electrons. The molecule has 0 atom stereocenters. The molecule has 0 bridgehead atoms. The quantitative estimate of drug-likeness (QED) is 0.626. The van der Waals surface area contributed by atoms with Crippen molar-refractivity contribution in [2.75, 3.05) is 13.2 Å². The minimum atomic E-state index is -0.527. The van der Waals surface area contributed by atoms with E-state index in [0.29, 0.717) is 5.82 Å². The summed E-state index contributed by atoms with van der Waals surface area (Å²) in [6.45, 7) is 0.109. The first kappa shape index (κ1) is 18.9. The molecule has 0 spiro atoms. The van der Waals surface area contributed by atoms with Crippen molar-refractivity contribution in [1.82, 2.24) is 24.6 Å². The highest BCUT2D eigenvalue weighted by Crippen LogP contribution is 2.36. The third-order valence-electron chi connectivity index (χ3n) is 4.54. The number of benzene rings is 1. The van der Waals surface area contributed by atoms with Gasteiger partial charge < -0.3 is 10.1 Å². The molecule has 1 N–H and O–H groups in total. The first-order chi connectivity index (χ1) is 14.1. The molecule has 0 unspecified atom stereocenters. The van der Waals surface area contributed by atoms with Crippen LogP contribution in [0.2, 0.25) is 0 Å². The average molecular weight is 397 g/mol. The fraction of sp³-hybridized carbons (Fsp3) is 0.300. The summed E-state index contributed by atoms with van der Waals surface area (Å²) < 4.78 is 21.7. The maximum atomic E-state index is 13.5. The zero-order chi connectivity index (χ0) is 20.2. The number of amides is 1. The topological polar surface area (TPSA) is 91.0 Å². The normalized spacial score (nSPS) is 13.3. The molecule has 0 radical (unpaired) electrons. The number of hydrogen-bond donors (Lipinski definition) is 1. The Morgan fingerprint density at radius 2 is 2.07 bits per heavy atom. The largest absolute Gasteiger partial charge is 0.481 e. The lowest BCUT2D eigenvalue weighted by molar-refractivity contribution is -0.123. The van der Waals surface area contributed by atoms with Crippen LogP contribution in [0, 0.1) is 5.82 Å². The van der Waals surface area contributed by atoms with E-state index >= 15 is 0 Å². The average Bonchev–Trinajstić information content (AvgIpc) is 3.52. The molecule has 0 saturated heterocycles. The predicted octanol–water partition coefficient (Wildman–Crippen LogP) is 1.78. The maximum absolute atomic E-state index is 13.5. The highest BCUT2D eigenvalue weighted by atomic mass is 19.1. The van der Waals surface area contributed by atoms with Crippen molar-refractivity contribution in [3.8, 4) is 17.1 Å². The van der Waals surface area contributed by atoms with Crippen LogP contribution in [0.25, 0.3) is 11.4 Å². The summed E-state index contributed by atoms with van der Waals surface area (Å²) in [6.07, 6.45) is 5.23. The van der Waals surface area contributed by atoms with Crippen LogP contribution < -0.4 is 15.7 Å². The molecule has 0 aliphatic heterocycles. The molecule has 2 heterocycles. The van der Waals surface area contributed by atoms with Gasteiger partial charge in [0.05, 0.1) is 6.54 Å². The number of carbonyl (C=O) groups excluding carboxylic acids is 1. The van der Waals surface area contributed by atoms with Crippen molar-refractivity contribution in [2.45, 2.75) is 25.4 Å². The monoisotopic (exact) mass is 397 g/mol. The van der Waals surface area contributed by atoms with Gasteiger partial charge in [-0.15, -0.1) is 5.10 Å². The lowest BCUT2D eigenvalue weighted by atomic mass is 10.3. The van der Waals surface area contributed by atoms with Crippen molar-refractivity contribution < 1.29 is 13.9 Å². The summed E-state index contributed by atoms with van der Waals surface area (Å²) in [7, 11) is 0. The lowest BCUT2D eigenvalue weighted by Gasteiger charge is -2.07. The number of para-hydroxylation sites is 1. The highest BCUT2D eigenvalue weighted by Gasteiger charge is 2.30. The van der Waals surface area contributed by atoms with Gasteiger partial charge in [0, 0.05) is 30.5 Å². The molecule has 8 nitrogen and oxygen atoms in total. The van der Waals surface area contributed by atoms with E-state index in [0.717, 1.165) is 18.4 Å². The van der Waals surface area contributed by atoms with Gasteiger partial charge in [-0.2, -0.15) is 0 Å². The summed E-state index contributed by atoms with van der Waals surface area (Å²) in [6, 6.07) is 9.70. The van der Waals surface area contributed by atoms with Crippen molar-refractivity contribution in [2.24, 2.45) is 0 Å². The first-order valence-corrected chi connectivity index (χ1v) is 9.37. The number of nitrogens with zero attached hydrogens (tertiary/aromatic N) is 4. The van der Waals surface area contributed by atoms with Gasteiger partial charge in [-0.05, 0) is 37.1 Å². The zero-order valence-electron chi connectivity index (χ0n) is 15.6. The van der Waals surface area contributed by atoms with Gasteiger partial charge in [0.2, 0.25) is 0 Å². The van der Waals surface area contributed by atoms with Crippen LogP contribution in [0.1, 0.15) is 18.9 Å². The first-order valence-electron chi connectivity index (χ1n) is 9.37. The van der Waals surface area contributed by atoms with Crippen molar-refractivity contribution in [1.29, 1.82) is 0 Å². The number of ether oxygens (including phenoxy) is 1. The van der Waals surface area contributed by atoms with Crippen LogP contribution >= 0.6 is 0 Å². The third-order valence-corrected chi connectivity index (χ3v) is 4.54. The van der Waals surface area contributed by atoms with E-state index in [1.165, 1.54) is 16.8 Å². The van der Waals surface area contributed by atoms with Crippen molar-refractivity contribution >= 4 is 5.91 Å². The molecule has 3 aromatic rings. The molecule has 1 saturated carbocycles. The summed E-state index contributed by atoms with van der Waals surface area (Å²) in [5.74, 6) is -0.334.